The van der Waals surface area contributed by atoms with Crippen molar-refractivity contribution in [3.8, 4) is 11.3 Å². The van der Waals surface area contributed by atoms with E-state index >= 15 is 0 Å². The molecule has 1 aliphatic heterocycles. The second-order valence-corrected chi connectivity index (χ2v) is 6.39. The van der Waals surface area contributed by atoms with Gasteiger partial charge in [0, 0.05) is 5.56 Å². The normalized spacial score (nSPS) is 15.8. The molecular formula is C21H13FN2O3S. The zero-order chi connectivity index (χ0) is 19.7. The Balaban J connectivity index is 1.67. The van der Waals surface area contributed by atoms with Crippen LogP contribution in [0.15, 0.2) is 76.7 Å². The maximum absolute atomic E-state index is 13.1. The summed E-state index contributed by atoms with van der Waals surface area (Å²) in [6.45, 7) is 0. The first-order chi connectivity index (χ1) is 13.5. The fourth-order valence-electron chi connectivity index (χ4n) is 2.81. The molecule has 0 aliphatic carbocycles. The quantitative estimate of drug-likeness (QED) is 0.417. The highest BCUT2D eigenvalue weighted by atomic mass is 32.1. The van der Waals surface area contributed by atoms with Gasteiger partial charge in [-0.2, -0.15) is 0 Å². The van der Waals surface area contributed by atoms with Crippen LogP contribution in [0.4, 0.5) is 10.1 Å². The summed E-state index contributed by atoms with van der Waals surface area (Å²) in [5.41, 5.74) is 1.13. The lowest BCUT2D eigenvalue weighted by molar-refractivity contribution is -0.122. The number of para-hydroxylation sites is 1. The van der Waals surface area contributed by atoms with Crippen molar-refractivity contribution in [2.24, 2.45) is 0 Å². The van der Waals surface area contributed by atoms with E-state index in [0.717, 1.165) is 0 Å². The molecule has 28 heavy (non-hydrogen) atoms. The average Bonchev–Trinajstić information content (AvgIpc) is 3.15. The van der Waals surface area contributed by atoms with Gasteiger partial charge in [0.25, 0.3) is 11.8 Å². The van der Waals surface area contributed by atoms with Crippen molar-refractivity contribution >= 4 is 40.9 Å². The lowest BCUT2D eigenvalue weighted by atomic mass is 10.1. The Labute approximate surface area is 165 Å². The highest BCUT2D eigenvalue weighted by Gasteiger charge is 2.34. The van der Waals surface area contributed by atoms with Gasteiger partial charge in [-0.1, -0.05) is 18.2 Å². The molecule has 0 radical (unpaired) electrons. The van der Waals surface area contributed by atoms with Crippen LogP contribution in [0.2, 0.25) is 0 Å². The number of benzene rings is 2. The van der Waals surface area contributed by atoms with Gasteiger partial charge < -0.3 is 4.42 Å². The number of anilines is 1. The first-order valence-corrected chi connectivity index (χ1v) is 8.76. The molecule has 3 aromatic rings. The molecule has 1 saturated heterocycles. The van der Waals surface area contributed by atoms with E-state index in [1.54, 1.807) is 48.5 Å². The van der Waals surface area contributed by atoms with Gasteiger partial charge in [0.05, 0.1) is 5.69 Å². The maximum Gasteiger partial charge on any atom is 0.270 e. The molecular weight excluding hydrogens is 379 g/mol. The van der Waals surface area contributed by atoms with E-state index in [1.165, 1.54) is 23.1 Å². The lowest BCUT2D eigenvalue weighted by Gasteiger charge is -2.28. The SMILES string of the molecule is O=C1NC(=S)N(c2ccccc2)C(=O)/C1=C/c1ccc(-c2ccc(F)cc2)o1. The van der Waals surface area contributed by atoms with Crippen molar-refractivity contribution in [3.05, 3.63) is 83.9 Å². The number of carbonyl (C=O) groups excluding carboxylic acids is 2. The Hall–Kier alpha value is -3.58. The lowest BCUT2D eigenvalue weighted by Crippen LogP contribution is -2.54. The average molecular weight is 392 g/mol. The van der Waals surface area contributed by atoms with Crippen molar-refractivity contribution in [2.75, 3.05) is 4.90 Å². The zero-order valence-corrected chi connectivity index (χ0v) is 15.2. The van der Waals surface area contributed by atoms with E-state index in [1.807, 2.05) is 6.07 Å². The van der Waals surface area contributed by atoms with Crippen molar-refractivity contribution in [3.63, 3.8) is 0 Å². The molecule has 1 N–H and O–H groups in total. The van der Waals surface area contributed by atoms with Crippen molar-refractivity contribution < 1.29 is 18.4 Å². The fraction of sp³-hybridized carbons (Fsp3) is 0. The van der Waals surface area contributed by atoms with E-state index in [-0.39, 0.29) is 16.5 Å². The fourth-order valence-corrected chi connectivity index (χ4v) is 3.09. The second-order valence-electron chi connectivity index (χ2n) is 6.00. The monoisotopic (exact) mass is 392 g/mol. The number of nitrogens with zero attached hydrogens (tertiary/aromatic N) is 1. The number of rotatable bonds is 3. The molecule has 138 valence electrons. The van der Waals surface area contributed by atoms with Crippen molar-refractivity contribution in [1.82, 2.24) is 5.32 Å². The van der Waals surface area contributed by atoms with Gasteiger partial charge >= 0.3 is 0 Å². The number of furan rings is 1. The number of hydrogen-bond donors (Lipinski definition) is 1. The van der Waals surface area contributed by atoms with Crippen molar-refractivity contribution in [1.29, 1.82) is 0 Å². The van der Waals surface area contributed by atoms with Gasteiger partial charge in [-0.05, 0) is 66.8 Å². The number of thiocarbonyl (C=S) groups is 1. The topological polar surface area (TPSA) is 62.6 Å². The summed E-state index contributed by atoms with van der Waals surface area (Å²) >= 11 is 5.15. The molecule has 0 atom stereocenters. The summed E-state index contributed by atoms with van der Waals surface area (Å²) in [7, 11) is 0. The van der Waals surface area contributed by atoms with Crippen LogP contribution in [0.1, 0.15) is 5.76 Å². The predicted octanol–water partition coefficient (Wildman–Crippen LogP) is 3.92. The number of carbonyl (C=O) groups is 2. The molecule has 5 nitrogen and oxygen atoms in total. The first-order valence-electron chi connectivity index (χ1n) is 8.35. The van der Waals surface area contributed by atoms with E-state index in [2.05, 4.69) is 5.32 Å². The first kappa shape index (κ1) is 17.8. The van der Waals surface area contributed by atoms with Crippen LogP contribution in [-0.2, 0) is 9.59 Å². The van der Waals surface area contributed by atoms with Crippen LogP contribution in [0.5, 0.6) is 0 Å². The van der Waals surface area contributed by atoms with Crippen LogP contribution < -0.4 is 10.2 Å². The Morgan fingerprint density at radius 3 is 2.39 bits per heavy atom. The summed E-state index contributed by atoms with van der Waals surface area (Å²) < 4.78 is 18.8. The number of hydrogen-bond acceptors (Lipinski definition) is 4. The van der Waals surface area contributed by atoms with Gasteiger partial charge in [0.15, 0.2) is 5.11 Å². The molecule has 0 spiro atoms. The van der Waals surface area contributed by atoms with E-state index in [9.17, 15) is 14.0 Å². The van der Waals surface area contributed by atoms with Crippen LogP contribution in [0, 0.1) is 5.82 Å². The van der Waals surface area contributed by atoms with Crippen LogP contribution >= 0.6 is 12.2 Å². The largest absolute Gasteiger partial charge is 0.457 e. The maximum atomic E-state index is 13.1. The third-order valence-corrected chi connectivity index (χ3v) is 4.44. The Bertz CT molecular complexity index is 1100. The number of nitrogens with one attached hydrogen (secondary N) is 1. The summed E-state index contributed by atoms with van der Waals surface area (Å²) in [6.07, 6.45) is 1.36. The molecule has 7 heteroatoms. The van der Waals surface area contributed by atoms with Crippen molar-refractivity contribution in [2.45, 2.75) is 0 Å². The van der Waals surface area contributed by atoms with E-state index in [4.69, 9.17) is 16.6 Å². The highest BCUT2D eigenvalue weighted by Crippen LogP contribution is 2.26. The summed E-state index contributed by atoms with van der Waals surface area (Å²) in [5, 5.41) is 2.54. The standard InChI is InChI=1S/C21H13FN2O3S/c22-14-8-6-13(7-9-14)18-11-10-16(27-18)12-17-19(25)23-21(28)24(20(17)26)15-4-2-1-3-5-15/h1-12H,(H,23,25,28)/b17-12+. The third kappa shape index (κ3) is 3.35. The van der Waals surface area contributed by atoms with E-state index < -0.39 is 11.8 Å². The van der Waals surface area contributed by atoms with Gasteiger partial charge in [-0.15, -0.1) is 0 Å². The van der Waals surface area contributed by atoms with Gasteiger partial charge in [0.2, 0.25) is 0 Å². The van der Waals surface area contributed by atoms with Crippen LogP contribution in [0.3, 0.4) is 0 Å². The Morgan fingerprint density at radius 2 is 1.68 bits per heavy atom. The van der Waals surface area contributed by atoms with Gasteiger partial charge in [-0.25, -0.2) is 4.39 Å². The minimum atomic E-state index is -0.595. The Morgan fingerprint density at radius 1 is 0.964 bits per heavy atom. The minimum absolute atomic E-state index is 0.0183. The molecule has 1 aromatic heterocycles. The molecule has 2 amide bonds. The summed E-state index contributed by atoms with van der Waals surface area (Å²) in [6, 6.07) is 17.9. The minimum Gasteiger partial charge on any atom is -0.457 e. The van der Waals surface area contributed by atoms with E-state index in [0.29, 0.717) is 22.8 Å². The second kappa shape index (κ2) is 7.21. The zero-order valence-electron chi connectivity index (χ0n) is 14.4. The molecule has 1 aliphatic rings. The predicted molar refractivity (Wildman–Crippen MR) is 107 cm³/mol. The summed E-state index contributed by atoms with van der Waals surface area (Å²) in [4.78, 5) is 26.5. The third-order valence-electron chi connectivity index (χ3n) is 4.16. The Kier molecular flexibility index (Phi) is 4.58. The molecule has 0 unspecified atom stereocenters. The smallest absolute Gasteiger partial charge is 0.270 e. The molecule has 0 saturated carbocycles. The van der Waals surface area contributed by atoms with Gasteiger partial charge in [-0.3, -0.25) is 19.8 Å². The molecule has 4 rings (SSSR count). The van der Waals surface area contributed by atoms with Crippen LogP contribution in [-0.4, -0.2) is 16.9 Å². The molecule has 0 bridgehead atoms. The summed E-state index contributed by atoms with van der Waals surface area (Å²) in [5.74, 6) is -0.676. The number of halogens is 1. The highest BCUT2D eigenvalue weighted by molar-refractivity contribution is 7.80. The molecule has 2 heterocycles. The number of amides is 2. The molecule has 2 aromatic carbocycles. The molecule has 1 fully saturated rings. The van der Waals surface area contributed by atoms with Crippen LogP contribution in [0.25, 0.3) is 17.4 Å². The van der Waals surface area contributed by atoms with Gasteiger partial charge in [0.1, 0.15) is 22.9 Å².